The van der Waals surface area contributed by atoms with Gasteiger partial charge < -0.3 is 25.0 Å². The van der Waals surface area contributed by atoms with Crippen molar-refractivity contribution in [3.63, 3.8) is 0 Å². The Hall–Kier alpha value is -3.59. The second-order valence-electron chi connectivity index (χ2n) is 10.4. The van der Waals surface area contributed by atoms with Gasteiger partial charge in [-0.3, -0.25) is 14.5 Å². The number of para-hydroxylation sites is 1. The molecule has 2 heterocycles. The van der Waals surface area contributed by atoms with Crippen molar-refractivity contribution in [2.75, 3.05) is 20.1 Å². The Morgan fingerprint density at radius 2 is 1.71 bits per heavy atom. The Kier molecular flexibility index (Phi) is 8.89. The zero-order valence-electron chi connectivity index (χ0n) is 22.5. The van der Waals surface area contributed by atoms with E-state index in [1.165, 1.54) is 11.9 Å². The number of likely N-dealkylation sites (N-methyl/N-ethyl adjacent to an activating group) is 1. The van der Waals surface area contributed by atoms with Crippen LogP contribution in [0.3, 0.4) is 0 Å². The molecule has 0 spiro atoms. The van der Waals surface area contributed by atoms with Crippen molar-refractivity contribution < 1.29 is 23.9 Å². The first-order valence-electron chi connectivity index (χ1n) is 13.3. The van der Waals surface area contributed by atoms with E-state index in [9.17, 15) is 14.4 Å². The summed E-state index contributed by atoms with van der Waals surface area (Å²) >= 11 is 0. The summed E-state index contributed by atoms with van der Waals surface area (Å²) < 4.78 is 11.6. The molecule has 0 saturated carbocycles. The molecular weight excluding hydrogens is 484 g/mol. The van der Waals surface area contributed by atoms with Gasteiger partial charge >= 0.3 is 6.09 Å². The fourth-order valence-corrected chi connectivity index (χ4v) is 5.05. The summed E-state index contributed by atoms with van der Waals surface area (Å²) in [5.41, 5.74) is 0.858. The fourth-order valence-electron chi connectivity index (χ4n) is 5.05. The van der Waals surface area contributed by atoms with Crippen LogP contribution in [-0.4, -0.2) is 78.1 Å². The van der Waals surface area contributed by atoms with Gasteiger partial charge in [-0.15, -0.1) is 0 Å². The third-order valence-corrected chi connectivity index (χ3v) is 7.41. The molecule has 38 heavy (non-hydrogen) atoms. The number of nitrogens with one attached hydrogen (secondary N) is 2. The molecule has 2 fully saturated rings. The lowest BCUT2D eigenvalue weighted by Gasteiger charge is -2.34. The molecule has 9 nitrogen and oxygen atoms in total. The maximum Gasteiger partial charge on any atom is 0.410 e. The smallest absolute Gasteiger partial charge is 0.410 e. The zero-order chi connectivity index (χ0) is 27.2. The minimum atomic E-state index is -0.819. The number of rotatable bonds is 9. The number of likely N-dealkylation sites (tertiary alicyclic amines) is 1. The van der Waals surface area contributed by atoms with Gasteiger partial charge in [-0.2, -0.15) is 0 Å². The molecule has 2 N–H and O–H groups in total. The largest absolute Gasteiger partial charge is 0.487 e. The van der Waals surface area contributed by atoms with Crippen molar-refractivity contribution in [1.29, 1.82) is 0 Å². The van der Waals surface area contributed by atoms with Crippen molar-refractivity contribution in [2.24, 2.45) is 5.92 Å². The quantitative estimate of drug-likeness (QED) is 0.526. The Labute approximate surface area is 224 Å². The lowest BCUT2D eigenvalue weighted by molar-refractivity contribution is -0.140. The highest BCUT2D eigenvalue weighted by Gasteiger charge is 2.49. The molecule has 0 aliphatic carbocycles. The summed E-state index contributed by atoms with van der Waals surface area (Å²) in [7, 11) is 1.52. The first-order chi connectivity index (χ1) is 18.3. The van der Waals surface area contributed by atoms with E-state index in [1.807, 2.05) is 79.4 Å². The molecule has 1 unspecified atom stereocenters. The molecule has 9 heteroatoms. The number of nitrogens with zero attached hydrogens (tertiary/aromatic N) is 2. The summed E-state index contributed by atoms with van der Waals surface area (Å²) in [6, 6.07) is 17.4. The molecule has 0 radical (unpaired) electrons. The highest BCUT2D eigenvalue weighted by Crippen LogP contribution is 2.29. The number of ether oxygens (including phenoxy) is 2. The Morgan fingerprint density at radius 1 is 1.05 bits per heavy atom. The summed E-state index contributed by atoms with van der Waals surface area (Å²) in [6.07, 6.45) is 0.0435. The highest BCUT2D eigenvalue weighted by atomic mass is 16.6. The summed E-state index contributed by atoms with van der Waals surface area (Å²) in [4.78, 5) is 42.6. The number of carbonyl (C=O) groups is 3. The average molecular weight is 523 g/mol. The van der Waals surface area contributed by atoms with Gasteiger partial charge in [0.25, 0.3) is 0 Å². The normalized spacial score (nSPS) is 21.9. The minimum Gasteiger partial charge on any atom is -0.487 e. The lowest BCUT2D eigenvalue weighted by Crippen LogP contribution is -2.58. The van der Waals surface area contributed by atoms with Crippen LogP contribution in [0.5, 0.6) is 5.75 Å². The van der Waals surface area contributed by atoms with Crippen LogP contribution in [0.25, 0.3) is 0 Å². The monoisotopic (exact) mass is 522 g/mol. The van der Waals surface area contributed by atoms with Gasteiger partial charge in [0, 0.05) is 26.2 Å². The van der Waals surface area contributed by atoms with Gasteiger partial charge in [0.2, 0.25) is 11.8 Å². The molecule has 4 rings (SSSR count). The molecule has 3 amide bonds. The van der Waals surface area contributed by atoms with Crippen molar-refractivity contribution in [2.45, 2.75) is 64.1 Å². The average Bonchev–Trinajstić information content (AvgIpc) is 3.53. The molecule has 0 bridgehead atoms. The van der Waals surface area contributed by atoms with Gasteiger partial charge in [0.15, 0.2) is 0 Å². The van der Waals surface area contributed by atoms with Crippen LogP contribution in [0.15, 0.2) is 60.7 Å². The van der Waals surface area contributed by atoms with Gasteiger partial charge in [-0.25, -0.2) is 4.79 Å². The van der Waals surface area contributed by atoms with E-state index < -0.39 is 24.1 Å². The Bertz CT molecular complexity index is 1100. The number of fused-ring (bicyclic) bond motifs is 1. The topological polar surface area (TPSA) is 100 Å². The maximum atomic E-state index is 13.8. The van der Waals surface area contributed by atoms with Crippen LogP contribution in [0, 0.1) is 5.92 Å². The first kappa shape index (κ1) is 27.4. The molecule has 2 saturated heterocycles. The molecular formula is C29H38N4O5. The van der Waals surface area contributed by atoms with Crippen LogP contribution < -0.4 is 15.4 Å². The van der Waals surface area contributed by atoms with Crippen molar-refractivity contribution in [1.82, 2.24) is 20.4 Å². The first-order valence-corrected chi connectivity index (χ1v) is 13.3. The van der Waals surface area contributed by atoms with Crippen LogP contribution in [0.2, 0.25) is 0 Å². The van der Waals surface area contributed by atoms with E-state index in [1.54, 1.807) is 6.92 Å². The lowest BCUT2D eigenvalue weighted by atomic mass is 10.0. The van der Waals surface area contributed by atoms with Crippen LogP contribution >= 0.6 is 0 Å². The molecule has 2 aliphatic heterocycles. The van der Waals surface area contributed by atoms with E-state index >= 15 is 0 Å². The van der Waals surface area contributed by atoms with E-state index in [0.717, 1.165) is 17.7 Å². The van der Waals surface area contributed by atoms with E-state index in [-0.39, 0.29) is 36.6 Å². The molecule has 204 valence electrons. The van der Waals surface area contributed by atoms with Crippen molar-refractivity contribution in [3.8, 4) is 5.75 Å². The molecule has 0 aromatic heterocycles. The van der Waals surface area contributed by atoms with Gasteiger partial charge in [-0.05, 0) is 37.0 Å². The highest BCUT2D eigenvalue weighted by molar-refractivity contribution is 5.91. The van der Waals surface area contributed by atoms with Gasteiger partial charge in [-0.1, -0.05) is 62.4 Å². The third kappa shape index (κ3) is 6.27. The van der Waals surface area contributed by atoms with Crippen LogP contribution in [0.1, 0.15) is 32.8 Å². The minimum absolute atomic E-state index is 0.114. The van der Waals surface area contributed by atoms with Crippen molar-refractivity contribution in [3.05, 3.63) is 66.2 Å². The van der Waals surface area contributed by atoms with Gasteiger partial charge in [0.05, 0.1) is 6.04 Å². The van der Waals surface area contributed by atoms with E-state index in [4.69, 9.17) is 9.47 Å². The Morgan fingerprint density at radius 3 is 2.37 bits per heavy atom. The van der Waals surface area contributed by atoms with Crippen LogP contribution in [-0.2, 0) is 20.9 Å². The third-order valence-electron chi connectivity index (χ3n) is 7.41. The SMILES string of the molecule is CC(C)[C@H](NC(=O)[C@H](C)N(C)C(=O)OCc1ccccc1)C(=O)N1CC[C@H]2NC[C@H](Oc3ccccc3)C21. The second-order valence-corrected chi connectivity index (χ2v) is 10.4. The number of carbonyl (C=O) groups excluding carboxylic acids is 3. The van der Waals surface area contributed by atoms with Crippen LogP contribution in [0.4, 0.5) is 4.79 Å². The number of amides is 3. The number of benzene rings is 2. The van der Waals surface area contributed by atoms with E-state index in [0.29, 0.717) is 13.1 Å². The molecule has 2 aromatic rings. The van der Waals surface area contributed by atoms with E-state index in [2.05, 4.69) is 10.6 Å². The Balaban J connectivity index is 1.37. The molecule has 2 aromatic carbocycles. The number of hydrogen-bond acceptors (Lipinski definition) is 6. The predicted octanol–water partition coefficient (Wildman–Crippen LogP) is 2.80. The fraction of sp³-hybridized carbons (Fsp3) is 0.483. The summed E-state index contributed by atoms with van der Waals surface area (Å²) in [5.74, 6) is 0.0844. The zero-order valence-corrected chi connectivity index (χ0v) is 22.5. The standard InChI is InChI=1S/C29H38N4O5/c1-19(2)25(31-27(34)20(3)32(4)29(36)37-18-21-11-7-5-8-12-21)28(35)33-16-15-23-26(33)24(17-30-23)38-22-13-9-6-10-14-22/h5-14,19-20,23-26,30H,15-18H2,1-4H3,(H,31,34)/t20-,23+,24-,25-,26?/m0/s1. The summed E-state index contributed by atoms with van der Waals surface area (Å²) in [5, 5.41) is 6.39. The molecule has 5 atom stereocenters. The maximum absolute atomic E-state index is 13.8. The molecule has 2 aliphatic rings. The second kappa shape index (κ2) is 12.3. The number of hydrogen-bond donors (Lipinski definition) is 2. The predicted molar refractivity (Wildman–Crippen MR) is 143 cm³/mol. The van der Waals surface area contributed by atoms with Crippen molar-refractivity contribution >= 4 is 17.9 Å². The summed E-state index contributed by atoms with van der Waals surface area (Å²) in [6.45, 7) is 6.80. The van der Waals surface area contributed by atoms with Gasteiger partial charge in [0.1, 0.15) is 30.5 Å².